The maximum Gasteiger partial charge on any atom is 0.236 e. The molecule has 1 heterocycles. The molecule has 1 aliphatic heterocycles. The smallest absolute Gasteiger partial charge is 0.236 e. The Morgan fingerprint density at radius 1 is 1.55 bits per heavy atom. The summed E-state index contributed by atoms with van der Waals surface area (Å²) >= 11 is 7.67. The molecule has 110 valence electrons. The Labute approximate surface area is 129 Å². The zero-order valence-electron chi connectivity index (χ0n) is 11.9. The minimum absolute atomic E-state index is 0.131. The Balaban J connectivity index is 2.01. The monoisotopic (exact) mass is 312 g/mol. The fraction of sp³-hybridized carbons (Fsp3) is 0.533. The van der Waals surface area contributed by atoms with Crippen molar-refractivity contribution in [3.05, 3.63) is 29.3 Å². The van der Waals surface area contributed by atoms with E-state index >= 15 is 0 Å². The van der Waals surface area contributed by atoms with Crippen LogP contribution in [0.1, 0.15) is 20.3 Å². The average molecular weight is 313 g/mol. The molecule has 1 aromatic rings. The number of amides is 1. The molecule has 5 heteroatoms. The third-order valence-corrected chi connectivity index (χ3v) is 5.37. The zero-order valence-corrected chi connectivity index (χ0v) is 13.5. The minimum atomic E-state index is -0.131. The molecule has 3 unspecified atom stereocenters. The number of carbonyl (C=O) groups is 1. The zero-order chi connectivity index (χ0) is 14.7. The topological polar surface area (TPSA) is 46.3 Å². The van der Waals surface area contributed by atoms with Crippen LogP contribution in [0.25, 0.3) is 0 Å². The fourth-order valence-electron chi connectivity index (χ4n) is 2.63. The first-order valence-corrected chi connectivity index (χ1v) is 8.20. The van der Waals surface area contributed by atoms with Gasteiger partial charge in [0.15, 0.2) is 0 Å². The molecule has 1 amide bonds. The second-order valence-electron chi connectivity index (χ2n) is 5.37. The van der Waals surface area contributed by atoms with Crippen molar-refractivity contribution in [1.82, 2.24) is 4.90 Å². The summed E-state index contributed by atoms with van der Waals surface area (Å²) in [5.41, 5.74) is 5.72. The highest BCUT2D eigenvalue weighted by atomic mass is 35.5. The van der Waals surface area contributed by atoms with Gasteiger partial charge in [0.2, 0.25) is 5.91 Å². The molecule has 1 fully saturated rings. The van der Waals surface area contributed by atoms with Crippen molar-refractivity contribution in [3.8, 4) is 0 Å². The Hall–Kier alpha value is -0.710. The normalized spacial score (nSPS) is 23.9. The highest BCUT2D eigenvalue weighted by Crippen LogP contribution is 2.32. The van der Waals surface area contributed by atoms with Gasteiger partial charge in [0.05, 0.1) is 10.3 Å². The molecule has 0 aliphatic carbocycles. The van der Waals surface area contributed by atoms with E-state index in [1.54, 1.807) is 0 Å². The quantitative estimate of drug-likeness (QED) is 0.869. The predicted molar refractivity (Wildman–Crippen MR) is 85.1 cm³/mol. The summed E-state index contributed by atoms with van der Waals surface area (Å²) in [6.45, 7) is 5.48. The molecule has 0 aromatic heterocycles. The van der Waals surface area contributed by atoms with Crippen LogP contribution < -0.4 is 5.73 Å². The second kappa shape index (κ2) is 6.83. The highest BCUT2D eigenvalue weighted by molar-refractivity contribution is 8.00. The summed E-state index contributed by atoms with van der Waals surface area (Å²) in [5, 5.41) is 0.570. The van der Waals surface area contributed by atoms with Crippen LogP contribution in [0.15, 0.2) is 29.2 Å². The molecule has 1 aliphatic rings. The SMILES string of the molecule is CC(Sc1ccccc1Cl)C(=O)N1CC(CN)CC1C. The lowest BCUT2D eigenvalue weighted by Gasteiger charge is -2.25. The number of nitrogens with zero attached hydrogens (tertiary/aromatic N) is 1. The number of rotatable bonds is 4. The molecule has 1 saturated heterocycles. The van der Waals surface area contributed by atoms with E-state index in [1.165, 1.54) is 11.8 Å². The molecule has 2 rings (SSSR count). The van der Waals surface area contributed by atoms with E-state index in [0.29, 0.717) is 17.5 Å². The van der Waals surface area contributed by atoms with Crippen molar-refractivity contribution in [2.45, 2.75) is 36.5 Å². The predicted octanol–water partition coefficient (Wildman–Crippen LogP) is 3.02. The Bertz CT molecular complexity index is 483. The van der Waals surface area contributed by atoms with E-state index < -0.39 is 0 Å². The van der Waals surface area contributed by atoms with E-state index in [1.807, 2.05) is 36.1 Å². The van der Waals surface area contributed by atoms with Gasteiger partial charge in [-0.2, -0.15) is 0 Å². The Morgan fingerprint density at radius 3 is 2.85 bits per heavy atom. The summed E-state index contributed by atoms with van der Waals surface area (Å²) in [6, 6.07) is 7.92. The van der Waals surface area contributed by atoms with E-state index in [2.05, 4.69) is 6.92 Å². The first kappa shape index (κ1) is 15.7. The first-order valence-electron chi connectivity index (χ1n) is 6.94. The number of hydrogen-bond acceptors (Lipinski definition) is 3. The summed E-state index contributed by atoms with van der Waals surface area (Å²) in [6.07, 6.45) is 1.01. The molecule has 2 N–H and O–H groups in total. The van der Waals surface area contributed by atoms with Crippen LogP contribution in [0.5, 0.6) is 0 Å². The number of likely N-dealkylation sites (tertiary alicyclic amines) is 1. The number of benzene rings is 1. The molecule has 1 aromatic carbocycles. The van der Waals surface area contributed by atoms with Crippen LogP contribution in [0.4, 0.5) is 0 Å². The van der Waals surface area contributed by atoms with Crippen molar-refractivity contribution in [3.63, 3.8) is 0 Å². The van der Waals surface area contributed by atoms with Gasteiger partial charge in [-0.05, 0) is 44.9 Å². The molecular weight excluding hydrogens is 292 g/mol. The standard InChI is InChI=1S/C15H21ClN2OS/c1-10-7-12(8-17)9-18(10)15(19)11(2)20-14-6-4-3-5-13(14)16/h3-6,10-12H,7-9,17H2,1-2H3. The van der Waals surface area contributed by atoms with Crippen molar-refractivity contribution in [2.75, 3.05) is 13.1 Å². The van der Waals surface area contributed by atoms with Crippen LogP contribution in [-0.4, -0.2) is 35.2 Å². The summed E-state index contributed by atoms with van der Waals surface area (Å²) in [4.78, 5) is 15.5. The molecule has 3 atom stereocenters. The van der Waals surface area contributed by atoms with E-state index in [0.717, 1.165) is 17.9 Å². The van der Waals surface area contributed by atoms with Gasteiger partial charge < -0.3 is 10.6 Å². The van der Waals surface area contributed by atoms with Gasteiger partial charge in [-0.3, -0.25) is 4.79 Å². The summed E-state index contributed by atoms with van der Waals surface area (Å²) in [7, 11) is 0. The molecule has 0 saturated carbocycles. The number of carbonyl (C=O) groups excluding carboxylic acids is 1. The molecule has 0 bridgehead atoms. The van der Waals surface area contributed by atoms with Crippen molar-refractivity contribution >= 4 is 29.3 Å². The third-order valence-electron chi connectivity index (χ3n) is 3.77. The molecule has 20 heavy (non-hydrogen) atoms. The van der Waals surface area contributed by atoms with E-state index in [4.69, 9.17) is 17.3 Å². The molecule has 0 spiro atoms. The van der Waals surface area contributed by atoms with Gasteiger partial charge in [0.1, 0.15) is 0 Å². The fourth-order valence-corrected chi connectivity index (χ4v) is 3.86. The Kier molecular flexibility index (Phi) is 5.35. The van der Waals surface area contributed by atoms with Crippen molar-refractivity contribution in [2.24, 2.45) is 11.7 Å². The average Bonchev–Trinajstić information content (AvgIpc) is 2.81. The van der Waals surface area contributed by atoms with Crippen molar-refractivity contribution < 1.29 is 4.79 Å². The van der Waals surface area contributed by atoms with Gasteiger partial charge in [0.25, 0.3) is 0 Å². The van der Waals surface area contributed by atoms with E-state index in [-0.39, 0.29) is 17.2 Å². The van der Waals surface area contributed by atoms with E-state index in [9.17, 15) is 4.79 Å². The second-order valence-corrected chi connectivity index (χ2v) is 7.16. The van der Waals surface area contributed by atoms with Crippen LogP contribution in [0.2, 0.25) is 5.02 Å². The van der Waals surface area contributed by atoms with Gasteiger partial charge in [-0.15, -0.1) is 11.8 Å². The lowest BCUT2D eigenvalue weighted by molar-refractivity contribution is -0.130. The Morgan fingerprint density at radius 2 is 2.25 bits per heavy atom. The first-order chi connectivity index (χ1) is 9.52. The molecule has 3 nitrogen and oxygen atoms in total. The van der Waals surface area contributed by atoms with Crippen LogP contribution in [0.3, 0.4) is 0 Å². The summed E-state index contributed by atoms with van der Waals surface area (Å²) in [5.74, 6) is 0.616. The largest absolute Gasteiger partial charge is 0.339 e. The molecular formula is C15H21ClN2OS. The molecule has 0 radical (unpaired) electrons. The van der Waals surface area contributed by atoms with Gasteiger partial charge in [0, 0.05) is 17.5 Å². The highest BCUT2D eigenvalue weighted by Gasteiger charge is 2.33. The summed E-state index contributed by atoms with van der Waals surface area (Å²) < 4.78 is 0. The maximum atomic E-state index is 12.6. The third kappa shape index (κ3) is 3.48. The van der Waals surface area contributed by atoms with Gasteiger partial charge in [-0.1, -0.05) is 23.7 Å². The number of halogens is 1. The van der Waals surface area contributed by atoms with Crippen LogP contribution in [-0.2, 0) is 4.79 Å². The number of thioether (sulfide) groups is 1. The number of nitrogens with two attached hydrogens (primary N) is 1. The maximum absolute atomic E-state index is 12.6. The number of hydrogen-bond donors (Lipinski definition) is 1. The van der Waals surface area contributed by atoms with Crippen LogP contribution >= 0.6 is 23.4 Å². The van der Waals surface area contributed by atoms with Crippen LogP contribution in [0, 0.1) is 5.92 Å². The lowest BCUT2D eigenvalue weighted by Crippen LogP contribution is -2.39. The minimum Gasteiger partial charge on any atom is -0.339 e. The van der Waals surface area contributed by atoms with Gasteiger partial charge in [-0.25, -0.2) is 0 Å². The lowest BCUT2D eigenvalue weighted by atomic mass is 10.1. The van der Waals surface area contributed by atoms with Crippen molar-refractivity contribution in [1.29, 1.82) is 0 Å². The van der Waals surface area contributed by atoms with Gasteiger partial charge >= 0.3 is 0 Å².